The molecule has 5 nitrogen and oxygen atoms in total. The monoisotopic (exact) mass is 270 g/mol. The quantitative estimate of drug-likeness (QED) is 0.733. The topological polar surface area (TPSA) is 71.2 Å². The van der Waals surface area contributed by atoms with Crippen molar-refractivity contribution < 1.29 is 4.79 Å². The first kappa shape index (κ1) is 15.1. The van der Waals surface area contributed by atoms with E-state index in [0.29, 0.717) is 13.0 Å². The highest BCUT2D eigenvalue weighted by atomic mass is 32.1. The summed E-state index contributed by atoms with van der Waals surface area (Å²) in [7, 11) is 1.98. The van der Waals surface area contributed by atoms with E-state index < -0.39 is 0 Å². The van der Waals surface area contributed by atoms with E-state index in [1.165, 1.54) is 0 Å². The lowest BCUT2D eigenvalue weighted by atomic mass is 10.1. The summed E-state index contributed by atoms with van der Waals surface area (Å²) >= 11 is 1.58. The zero-order valence-corrected chi connectivity index (χ0v) is 11.9. The number of thiazole rings is 1. The highest BCUT2D eigenvalue weighted by molar-refractivity contribution is 7.07. The summed E-state index contributed by atoms with van der Waals surface area (Å²) in [6.45, 7) is 3.97. The smallest absolute Gasteiger partial charge is 0.221 e. The lowest BCUT2D eigenvalue weighted by Crippen LogP contribution is -2.41. The molecule has 6 heteroatoms. The van der Waals surface area contributed by atoms with Crippen molar-refractivity contribution in [2.75, 3.05) is 20.1 Å². The fourth-order valence-corrected chi connectivity index (χ4v) is 2.22. The third kappa shape index (κ3) is 5.12. The SMILES string of the molecule is CCCNC(=O)CC(CN)N(C)Cc1cscn1. The van der Waals surface area contributed by atoms with E-state index in [1.54, 1.807) is 11.3 Å². The van der Waals surface area contributed by atoms with Gasteiger partial charge in [0.2, 0.25) is 5.91 Å². The van der Waals surface area contributed by atoms with Crippen LogP contribution in [0.2, 0.25) is 0 Å². The molecule has 0 aliphatic heterocycles. The zero-order chi connectivity index (χ0) is 13.4. The number of likely N-dealkylation sites (N-methyl/N-ethyl adjacent to an activating group) is 1. The predicted octanol–water partition coefficient (Wildman–Crippen LogP) is 0.819. The van der Waals surface area contributed by atoms with E-state index in [9.17, 15) is 4.79 Å². The van der Waals surface area contributed by atoms with Gasteiger partial charge in [-0.15, -0.1) is 11.3 Å². The number of amides is 1. The van der Waals surface area contributed by atoms with Gasteiger partial charge in [-0.25, -0.2) is 4.98 Å². The Balaban J connectivity index is 2.41. The number of nitrogens with one attached hydrogen (secondary N) is 1. The van der Waals surface area contributed by atoms with Crippen molar-refractivity contribution in [3.8, 4) is 0 Å². The number of carbonyl (C=O) groups excluding carboxylic acids is 1. The highest BCUT2D eigenvalue weighted by Crippen LogP contribution is 2.08. The largest absolute Gasteiger partial charge is 0.356 e. The van der Waals surface area contributed by atoms with Gasteiger partial charge in [-0.3, -0.25) is 9.69 Å². The number of nitrogens with zero attached hydrogens (tertiary/aromatic N) is 2. The van der Waals surface area contributed by atoms with Crippen molar-refractivity contribution >= 4 is 17.2 Å². The van der Waals surface area contributed by atoms with Crippen LogP contribution in [0, 0.1) is 0 Å². The summed E-state index contributed by atoms with van der Waals surface area (Å²) in [5.41, 5.74) is 8.58. The van der Waals surface area contributed by atoms with Gasteiger partial charge in [0.25, 0.3) is 0 Å². The standard InChI is InChI=1S/C12H22N4OS/c1-3-4-14-12(17)5-11(6-13)16(2)7-10-8-18-9-15-10/h8-9,11H,3-7,13H2,1-2H3,(H,14,17). The Morgan fingerprint density at radius 3 is 3.00 bits per heavy atom. The van der Waals surface area contributed by atoms with Crippen LogP contribution in [0.1, 0.15) is 25.5 Å². The van der Waals surface area contributed by atoms with Crippen molar-refractivity contribution in [3.63, 3.8) is 0 Å². The van der Waals surface area contributed by atoms with E-state index in [1.807, 2.05) is 24.9 Å². The van der Waals surface area contributed by atoms with Crippen molar-refractivity contribution in [3.05, 3.63) is 16.6 Å². The Hall–Kier alpha value is -0.980. The maximum absolute atomic E-state index is 11.7. The molecule has 1 atom stereocenters. The van der Waals surface area contributed by atoms with Crippen molar-refractivity contribution in [2.45, 2.75) is 32.4 Å². The number of rotatable bonds is 8. The minimum atomic E-state index is 0.0588. The van der Waals surface area contributed by atoms with Crippen LogP contribution in [0.5, 0.6) is 0 Å². The van der Waals surface area contributed by atoms with Crippen LogP contribution in [0.3, 0.4) is 0 Å². The first-order valence-corrected chi connectivity index (χ1v) is 7.15. The van der Waals surface area contributed by atoms with Crippen molar-refractivity contribution in [2.24, 2.45) is 5.73 Å². The minimum Gasteiger partial charge on any atom is -0.356 e. The Morgan fingerprint density at radius 1 is 1.67 bits per heavy atom. The molecule has 18 heavy (non-hydrogen) atoms. The van der Waals surface area contributed by atoms with Gasteiger partial charge in [-0.1, -0.05) is 6.92 Å². The van der Waals surface area contributed by atoms with Crippen LogP contribution in [-0.2, 0) is 11.3 Å². The van der Waals surface area contributed by atoms with E-state index in [4.69, 9.17) is 5.73 Å². The number of carbonyl (C=O) groups is 1. The zero-order valence-electron chi connectivity index (χ0n) is 11.1. The Morgan fingerprint density at radius 2 is 2.44 bits per heavy atom. The molecule has 0 bridgehead atoms. The van der Waals surface area contributed by atoms with Gasteiger partial charge in [0.1, 0.15) is 0 Å². The highest BCUT2D eigenvalue weighted by Gasteiger charge is 2.17. The Bertz CT molecular complexity index is 342. The molecule has 0 aliphatic rings. The maximum atomic E-state index is 11.7. The molecule has 1 amide bonds. The van der Waals surface area contributed by atoms with Gasteiger partial charge in [0.15, 0.2) is 0 Å². The summed E-state index contributed by atoms with van der Waals surface area (Å²) in [4.78, 5) is 18.0. The maximum Gasteiger partial charge on any atom is 0.221 e. The number of hydrogen-bond donors (Lipinski definition) is 2. The number of aromatic nitrogens is 1. The second kappa shape index (κ2) is 8.18. The normalized spacial score (nSPS) is 12.7. The van der Waals surface area contributed by atoms with Crippen LogP contribution in [0.15, 0.2) is 10.9 Å². The van der Waals surface area contributed by atoms with Crippen LogP contribution < -0.4 is 11.1 Å². The molecule has 0 radical (unpaired) electrons. The van der Waals surface area contributed by atoms with Gasteiger partial charge in [0.05, 0.1) is 11.2 Å². The molecule has 0 saturated carbocycles. The van der Waals surface area contributed by atoms with Crippen LogP contribution in [0.4, 0.5) is 0 Å². The van der Waals surface area contributed by atoms with Gasteiger partial charge in [-0.05, 0) is 13.5 Å². The van der Waals surface area contributed by atoms with Crippen LogP contribution in [0.25, 0.3) is 0 Å². The first-order valence-electron chi connectivity index (χ1n) is 6.21. The third-order valence-corrected chi connectivity index (χ3v) is 3.42. The summed E-state index contributed by atoms with van der Waals surface area (Å²) in [5, 5.41) is 4.89. The molecule has 1 heterocycles. The molecule has 1 unspecified atom stereocenters. The molecule has 102 valence electrons. The molecule has 1 aromatic heterocycles. The molecule has 0 fully saturated rings. The first-order chi connectivity index (χ1) is 8.67. The molecular weight excluding hydrogens is 248 g/mol. The molecule has 3 N–H and O–H groups in total. The van der Waals surface area contributed by atoms with Gasteiger partial charge in [-0.2, -0.15) is 0 Å². The van der Waals surface area contributed by atoms with E-state index in [2.05, 4.69) is 15.2 Å². The van der Waals surface area contributed by atoms with Gasteiger partial charge >= 0.3 is 0 Å². The lowest BCUT2D eigenvalue weighted by molar-refractivity contribution is -0.122. The van der Waals surface area contributed by atoms with Crippen LogP contribution in [-0.4, -0.2) is 42.0 Å². The molecule has 1 rings (SSSR count). The molecule has 0 spiro atoms. The Labute approximate surface area is 112 Å². The molecule has 0 aliphatic carbocycles. The van der Waals surface area contributed by atoms with E-state index in [-0.39, 0.29) is 11.9 Å². The molecular formula is C12H22N4OS. The van der Waals surface area contributed by atoms with Crippen molar-refractivity contribution in [1.82, 2.24) is 15.2 Å². The average molecular weight is 270 g/mol. The van der Waals surface area contributed by atoms with E-state index >= 15 is 0 Å². The summed E-state index contributed by atoms with van der Waals surface area (Å²) in [6.07, 6.45) is 1.39. The van der Waals surface area contributed by atoms with Crippen molar-refractivity contribution in [1.29, 1.82) is 0 Å². The molecule has 0 saturated heterocycles. The minimum absolute atomic E-state index is 0.0588. The summed E-state index contributed by atoms with van der Waals surface area (Å²) in [5.74, 6) is 0.0671. The van der Waals surface area contributed by atoms with Gasteiger partial charge < -0.3 is 11.1 Å². The van der Waals surface area contributed by atoms with Gasteiger partial charge in [0, 0.05) is 37.5 Å². The molecule has 0 aromatic carbocycles. The number of nitrogens with two attached hydrogens (primary N) is 1. The second-order valence-electron chi connectivity index (χ2n) is 4.34. The second-order valence-corrected chi connectivity index (χ2v) is 5.06. The lowest BCUT2D eigenvalue weighted by Gasteiger charge is -2.25. The number of hydrogen-bond acceptors (Lipinski definition) is 5. The fourth-order valence-electron chi connectivity index (χ4n) is 1.67. The average Bonchev–Trinajstić information content (AvgIpc) is 2.86. The summed E-state index contributed by atoms with van der Waals surface area (Å²) < 4.78 is 0. The Kier molecular flexibility index (Phi) is 6.85. The van der Waals surface area contributed by atoms with Crippen LogP contribution >= 0.6 is 11.3 Å². The molecule has 1 aromatic rings. The fraction of sp³-hybridized carbons (Fsp3) is 0.667. The summed E-state index contributed by atoms with van der Waals surface area (Å²) in [6, 6.07) is 0.0588. The predicted molar refractivity (Wildman–Crippen MR) is 74.3 cm³/mol. The third-order valence-electron chi connectivity index (χ3n) is 2.78. The van der Waals surface area contributed by atoms with E-state index in [0.717, 1.165) is 25.2 Å².